The molecule has 92 valence electrons. The smallest absolute Gasteiger partial charge is 0.212 e. The van der Waals surface area contributed by atoms with Gasteiger partial charge in [-0.1, -0.05) is 18.2 Å². The summed E-state index contributed by atoms with van der Waals surface area (Å²) in [5.74, 6) is 0.00455. The van der Waals surface area contributed by atoms with Crippen LogP contribution in [0, 0.1) is 5.41 Å². The van der Waals surface area contributed by atoms with Crippen molar-refractivity contribution in [1.29, 1.82) is 5.41 Å². The maximum absolute atomic E-state index is 7.40. The Balaban J connectivity index is 2.37. The van der Waals surface area contributed by atoms with Crippen molar-refractivity contribution in [2.45, 2.75) is 0 Å². The third kappa shape index (κ3) is 2.64. The molecule has 6 nitrogen and oxygen atoms in total. The van der Waals surface area contributed by atoms with Crippen molar-refractivity contribution in [2.24, 2.45) is 22.2 Å². The average molecular weight is 260 g/mol. The van der Waals surface area contributed by atoms with Crippen molar-refractivity contribution in [3.8, 4) is 11.3 Å². The maximum Gasteiger partial charge on any atom is 0.212 e. The first-order valence-electron chi connectivity index (χ1n) is 5.06. The number of nitrogens with two attached hydrogens (primary N) is 3. The minimum Gasteiger partial charge on any atom is -0.384 e. The molecule has 0 bridgehead atoms. The second-order valence-electron chi connectivity index (χ2n) is 3.55. The fourth-order valence-corrected chi connectivity index (χ4v) is 2.12. The summed E-state index contributed by atoms with van der Waals surface area (Å²) < 4.78 is 0. The summed E-state index contributed by atoms with van der Waals surface area (Å²) >= 11 is 1.34. The normalized spacial score (nSPS) is 10.0. The van der Waals surface area contributed by atoms with Gasteiger partial charge in [-0.15, -0.1) is 11.3 Å². The van der Waals surface area contributed by atoms with E-state index in [1.165, 1.54) is 11.3 Å². The number of thiazole rings is 1. The van der Waals surface area contributed by atoms with E-state index in [0.29, 0.717) is 10.7 Å². The maximum atomic E-state index is 7.40. The molecule has 7 N–H and O–H groups in total. The van der Waals surface area contributed by atoms with Crippen LogP contribution >= 0.6 is 11.3 Å². The number of nitrogen functional groups attached to an aromatic ring is 1. The summed E-state index contributed by atoms with van der Waals surface area (Å²) in [6.07, 6.45) is 0. The molecule has 0 saturated heterocycles. The average Bonchev–Trinajstić information content (AvgIpc) is 2.77. The zero-order valence-electron chi connectivity index (χ0n) is 9.42. The molecule has 0 saturated carbocycles. The summed E-state index contributed by atoms with van der Waals surface area (Å²) in [6, 6.07) is 7.29. The van der Waals surface area contributed by atoms with Gasteiger partial charge in [0.15, 0.2) is 5.96 Å². The number of hydrogen-bond acceptors (Lipinski definition) is 4. The Kier molecular flexibility index (Phi) is 3.24. The first-order valence-corrected chi connectivity index (χ1v) is 5.94. The van der Waals surface area contributed by atoms with Crippen molar-refractivity contribution in [1.82, 2.24) is 4.98 Å². The van der Waals surface area contributed by atoms with Crippen molar-refractivity contribution in [2.75, 3.05) is 0 Å². The lowest BCUT2D eigenvalue weighted by Gasteiger charge is -2.00. The van der Waals surface area contributed by atoms with Crippen LogP contribution in [0.25, 0.3) is 11.3 Å². The van der Waals surface area contributed by atoms with E-state index in [1.54, 1.807) is 12.1 Å². The standard InChI is InChI=1S/C11H12N6S/c12-9(13)7-3-1-2-6(4-7)8-5-18-11(16-8)17-10(14)15/h1-5H,(H3,12,13)(H4,14,15,16,17). The lowest BCUT2D eigenvalue weighted by atomic mass is 10.1. The number of nitrogens with one attached hydrogen (secondary N) is 1. The summed E-state index contributed by atoms with van der Waals surface area (Å²) in [6.45, 7) is 0. The lowest BCUT2D eigenvalue weighted by Crippen LogP contribution is -2.21. The number of hydrogen-bond donors (Lipinski definition) is 4. The molecule has 2 aromatic rings. The highest BCUT2D eigenvalue weighted by molar-refractivity contribution is 7.13. The Labute approximate surface area is 108 Å². The molecular weight excluding hydrogens is 248 g/mol. The molecular formula is C11H12N6S. The molecule has 0 amide bonds. The van der Waals surface area contributed by atoms with Gasteiger partial charge in [0.05, 0.1) is 5.69 Å². The SMILES string of the molecule is N=C(N)c1cccc(-c2csc(N=C(N)N)n2)c1. The zero-order chi connectivity index (χ0) is 13.1. The molecule has 18 heavy (non-hydrogen) atoms. The van der Waals surface area contributed by atoms with Gasteiger partial charge in [-0.3, -0.25) is 5.41 Å². The number of guanidine groups is 1. The number of benzene rings is 1. The van der Waals surface area contributed by atoms with Crippen LogP contribution in [0.15, 0.2) is 34.6 Å². The van der Waals surface area contributed by atoms with Crippen LogP contribution in [0.1, 0.15) is 5.56 Å². The van der Waals surface area contributed by atoms with Gasteiger partial charge >= 0.3 is 0 Å². The van der Waals surface area contributed by atoms with E-state index in [2.05, 4.69) is 9.98 Å². The summed E-state index contributed by atoms with van der Waals surface area (Å²) in [5, 5.41) is 9.74. The van der Waals surface area contributed by atoms with Crippen LogP contribution in [0.3, 0.4) is 0 Å². The number of rotatable bonds is 3. The van der Waals surface area contributed by atoms with Gasteiger partial charge in [0, 0.05) is 16.5 Å². The molecule has 0 atom stereocenters. The minimum atomic E-state index is -0.0200. The van der Waals surface area contributed by atoms with Crippen molar-refractivity contribution in [3.63, 3.8) is 0 Å². The second kappa shape index (κ2) is 4.84. The van der Waals surface area contributed by atoms with Crippen LogP contribution in [-0.4, -0.2) is 16.8 Å². The molecule has 1 aromatic carbocycles. The summed E-state index contributed by atoms with van der Waals surface area (Å²) in [7, 11) is 0. The van der Waals surface area contributed by atoms with Gasteiger partial charge < -0.3 is 17.2 Å². The summed E-state index contributed by atoms with van der Waals surface area (Å²) in [4.78, 5) is 8.16. The van der Waals surface area contributed by atoms with Gasteiger partial charge in [0.2, 0.25) is 5.13 Å². The topological polar surface area (TPSA) is 127 Å². The van der Waals surface area contributed by atoms with E-state index in [4.69, 9.17) is 22.6 Å². The fraction of sp³-hybridized carbons (Fsp3) is 0. The van der Waals surface area contributed by atoms with Crippen molar-refractivity contribution >= 4 is 28.3 Å². The van der Waals surface area contributed by atoms with E-state index in [-0.39, 0.29) is 11.8 Å². The van der Waals surface area contributed by atoms with Crippen LogP contribution in [0.5, 0.6) is 0 Å². The highest BCUT2D eigenvalue weighted by atomic mass is 32.1. The highest BCUT2D eigenvalue weighted by Gasteiger charge is 2.05. The highest BCUT2D eigenvalue weighted by Crippen LogP contribution is 2.26. The molecule has 1 aromatic heterocycles. The number of aliphatic imine (C=N–C) groups is 1. The van der Waals surface area contributed by atoms with E-state index in [9.17, 15) is 0 Å². The van der Waals surface area contributed by atoms with E-state index in [0.717, 1.165) is 11.3 Å². The first-order chi connectivity index (χ1) is 8.56. The van der Waals surface area contributed by atoms with Crippen LogP contribution in [0.4, 0.5) is 5.13 Å². The van der Waals surface area contributed by atoms with Gasteiger partial charge in [-0.05, 0) is 6.07 Å². The van der Waals surface area contributed by atoms with E-state index >= 15 is 0 Å². The zero-order valence-corrected chi connectivity index (χ0v) is 10.2. The Hall–Kier alpha value is -2.41. The van der Waals surface area contributed by atoms with Crippen molar-refractivity contribution < 1.29 is 0 Å². The number of aromatic nitrogens is 1. The Bertz CT molecular complexity index is 612. The quantitative estimate of drug-likeness (QED) is 0.485. The molecule has 0 unspecified atom stereocenters. The summed E-state index contributed by atoms with van der Waals surface area (Å²) in [5.41, 5.74) is 18.3. The molecule has 0 radical (unpaired) electrons. The molecule has 0 aliphatic carbocycles. The van der Waals surface area contributed by atoms with Crippen LogP contribution in [0.2, 0.25) is 0 Å². The molecule has 7 heteroatoms. The molecule has 0 spiro atoms. The predicted molar refractivity (Wildman–Crippen MR) is 74.0 cm³/mol. The van der Waals surface area contributed by atoms with Gasteiger partial charge in [0.25, 0.3) is 0 Å². The third-order valence-corrected chi connectivity index (χ3v) is 2.92. The molecule has 0 aliphatic heterocycles. The Morgan fingerprint density at radius 2 is 2.06 bits per heavy atom. The number of amidine groups is 1. The lowest BCUT2D eigenvalue weighted by molar-refractivity contribution is 1.32. The second-order valence-corrected chi connectivity index (χ2v) is 4.38. The van der Waals surface area contributed by atoms with Crippen molar-refractivity contribution in [3.05, 3.63) is 35.2 Å². The van der Waals surface area contributed by atoms with Gasteiger partial charge in [0.1, 0.15) is 5.84 Å². The fourth-order valence-electron chi connectivity index (χ4n) is 1.40. The molecule has 0 aliphatic rings. The van der Waals surface area contributed by atoms with Crippen LogP contribution < -0.4 is 17.2 Å². The largest absolute Gasteiger partial charge is 0.384 e. The minimum absolute atomic E-state index is 0.0200. The Morgan fingerprint density at radius 3 is 2.72 bits per heavy atom. The monoisotopic (exact) mass is 260 g/mol. The number of nitrogens with zero attached hydrogens (tertiary/aromatic N) is 2. The predicted octanol–water partition coefficient (Wildman–Crippen LogP) is 0.999. The van der Waals surface area contributed by atoms with E-state index < -0.39 is 0 Å². The molecule has 0 fully saturated rings. The Morgan fingerprint density at radius 1 is 1.28 bits per heavy atom. The van der Waals surface area contributed by atoms with Crippen LogP contribution in [-0.2, 0) is 0 Å². The van der Waals surface area contributed by atoms with Gasteiger partial charge in [-0.25, -0.2) is 4.98 Å². The first kappa shape index (κ1) is 12.1. The molecule has 2 rings (SSSR count). The van der Waals surface area contributed by atoms with E-state index in [1.807, 2.05) is 17.5 Å². The third-order valence-electron chi connectivity index (χ3n) is 2.19. The van der Waals surface area contributed by atoms with Gasteiger partial charge in [-0.2, -0.15) is 4.99 Å². The molecule has 1 heterocycles.